The number of fused-ring (bicyclic) bond motifs is 2. The fourth-order valence-corrected chi connectivity index (χ4v) is 3.74. The molecular weight excluding hydrogens is 370 g/mol. The minimum absolute atomic E-state index is 0.0786. The van der Waals surface area contributed by atoms with Gasteiger partial charge >= 0.3 is 5.97 Å². The van der Waals surface area contributed by atoms with Crippen molar-refractivity contribution in [2.45, 2.75) is 25.7 Å². The van der Waals surface area contributed by atoms with Crippen molar-refractivity contribution in [3.8, 4) is 11.5 Å². The Hall–Kier alpha value is -2.73. The second kappa shape index (κ2) is 6.78. The molecule has 0 spiro atoms. The number of Topliss-reactive ketones (excluding diaryl/α,β-unsaturated/α-hetero) is 1. The van der Waals surface area contributed by atoms with E-state index >= 15 is 0 Å². The number of anilines is 1. The Morgan fingerprint density at radius 1 is 1.30 bits per heavy atom. The summed E-state index contributed by atoms with van der Waals surface area (Å²) in [5.41, 5.74) is 3.22. The lowest BCUT2D eigenvalue weighted by Crippen LogP contribution is -2.30. The van der Waals surface area contributed by atoms with E-state index in [0.717, 1.165) is 17.5 Å². The van der Waals surface area contributed by atoms with Gasteiger partial charge in [-0.3, -0.25) is 4.79 Å². The number of hydroxylamine groups is 1. The summed E-state index contributed by atoms with van der Waals surface area (Å²) in [6.07, 6.45) is 0.858. The first-order valence-corrected chi connectivity index (χ1v) is 9.16. The number of ketones is 1. The average molecular weight is 388 g/mol. The van der Waals surface area contributed by atoms with E-state index in [9.17, 15) is 14.7 Å². The molecule has 2 aliphatic heterocycles. The van der Waals surface area contributed by atoms with Crippen LogP contribution in [0.5, 0.6) is 11.5 Å². The highest BCUT2D eigenvalue weighted by Crippen LogP contribution is 2.46. The van der Waals surface area contributed by atoms with Crippen molar-refractivity contribution in [3.63, 3.8) is 0 Å². The van der Waals surface area contributed by atoms with E-state index in [-0.39, 0.29) is 24.6 Å². The Labute approximate surface area is 161 Å². The molecule has 1 atom stereocenters. The number of halogens is 1. The number of hydrogen-bond acceptors (Lipinski definition) is 6. The SMILES string of the molecule is CCC(=O)C(=O)ON1CC(c2cc3c(cc2O)OCC3)c2cc(Cl)ccc21. The van der Waals surface area contributed by atoms with Crippen LogP contribution in [0.25, 0.3) is 0 Å². The van der Waals surface area contributed by atoms with Gasteiger partial charge in [0.1, 0.15) is 11.5 Å². The molecule has 0 saturated carbocycles. The fraction of sp³-hybridized carbons (Fsp3) is 0.300. The molecule has 0 aliphatic carbocycles. The first kappa shape index (κ1) is 17.7. The van der Waals surface area contributed by atoms with Crippen LogP contribution in [-0.4, -0.2) is 30.0 Å². The molecule has 0 radical (unpaired) electrons. The molecule has 1 unspecified atom stereocenters. The largest absolute Gasteiger partial charge is 0.508 e. The minimum atomic E-state index is -0.898. The molecule has 1 N–H and O–H groups in total. The maximum Gasteiger partial charge on any atom is 0.398 e. The molecule has 6 nitrogen and oxygen atoms in total. The van der Waals surface area contributed by atoms with Crippen LogP contribution in [0.1, 0.15) is 36.0 Å². The topological polar surface area (TPSA) is 76.1 Å². The summed E-state index contributed by atoms with van der Waals surface area (Å²) in [4.78, 5) is 28.9. The van der Waals surface area contributed by atoms with Gasteiger partial charge in [0.15, 0.2) is 0 Å². The van der Waals surface area contributed by atoms with Gasteiger partial charge in [-0.1, -0.05) is 18.5 Å². The summed E-state index contributed by atoms with van der Waals surface area (Å²) in [6.45, 7) is 2.48. The number of nitrogens with zero attached hydrogens (tertiary/aromatic N) is 1. The molecule has 0 bridgehead atoms. The van der Waals surface area contributed by atoms with Crippen LogP contribution in [0.2, 0.25) is 5.02 Å². The van der Waals surface area contributed by atoms with Crippen LogP contribution in [0.3, 0.4) is 0 Å². The molecule has 2 aromatic carbocycles. The van der Waals surface area contributed by atoms with Crippen molar-refractivity contribution in [1.82, 2.24) is 0 Å². The van der Waals surface area contributed by atoms with E-state index in [4.69, 9.17) is 21.2 Å². The van der Waals surface area contributed by atoms with Gasteiger partial charge in [0.05, 0.1) is 18.8 Å². The highest BCUT2D eigenvalue weighted by atomic mass is 35.5. The summed E-state index contributed by atoms with van der Waals surface area (Å²) in [7, 11) is 0. The van der Waals surface area contributed by atoms with E-state index in [0.29, 0.717) is 28.6 Å². The van der Waals surface area contributed by atoms with Crippen molar-refractivity contribution in [1.29, 1.82) is 0 Å². The maximum absolute atomic E-state index is 12.0. The first-order valence-electron chi connectivity index (χ1n) is 8.78. The predicted molar refractivity (Wildman–Crippen MR) is 99.3 cm³/mol. The molecule has 0 fully saturated rings. The molecule has 2 aliphatic rings. The van der Waals surface area contributed by atoms with Gasteiger partial charge in [0, 0.05) is 35.4 Å². The number of rotatable bonds is 4. The molecule has 0 aromatic heterocycles. The number of phenols is 1. The van der Waals surface area contributed by atoms with Gasteiger partial charge in [0.2, 0.25) is 5.78 Å². The third-order valence-electron chi connectivity index (χ3n) is 4.94. The van der Waals surface area contributed by atoms with Crippen LogP contribution in [-0.2, 0) is 20.8 Å². The fourth-order valence-electron chi connectivity index (χ4n) is 3.55. The van der Waals surface area contributed by atoms with E-state index in [1.807, 2.05) is 6.07 Å². The molecule has 4 rings (SSSR count). The monoisotopic (exact) mass is 387 g/mol. The number of ether oxygens (including phenoxy) is 1. The van der Waals surface area contributed by atoms with Gasteiger partial charge in [-0.05, 0) is 35.4 Å². The molecule has 27 heavy (non-hydrogen) atoms. The van der Waals surface area contributed by atoms with Crippen molar-refractivity contribution >= 4 is 29.0 Å². The zero-order valence-electron chi connectivity index (χ0n) is 14.7. The quantitative estimate of drug-likeness (QED) is 0.810. The molecule has 140 valence electrons. The lowest BCUT2D eigenvalue weighted by atomic mass is 9.91. The molecule has 0 amide bonds. The Bertz CT molecular complexity index is 942. The molecular formula is C20H18ClNO5. The number of hydrogen-bond donors (Lipinski definition) is 1. The van der Waals surface area contributed by atoms with Gasteiger partial charge in [-0.2, -0.15) is 0 Å². The maximum atomic E-state index is 12.0. The zero-order valence-corrected chi connectivity index (χ0v) is 15.5. The average Bonchev–Trinajstić information content (AvgIpc) is 3.24. The summed E-state index contributed by atoms with van der Waals surface area (Å²) in [6, 6.07) is 8.78. The predicted octanol–water partition coefficient (Wildman–Crippen LogP) is 3.37. The van der Waals surface area contributed by atoms with Gasteiger partial charge in [0.25, 0.3) is 0 Å². The minimum Gasteiger partial charge on any atom is -0.508 e. The number of benzene rings is 2. The Balaban J connectivity index is 1.72. The third kappa shape index (κ3) is 3.10. The van der Waals surface area contributed by atoms with E-state index in [2.05, 4.69) is 0 Å². The van der Waals surface area contributed by atoms with Gasteiger partial charge in [-0.25, -0.2) is 9.86 Å². The molecule has 2 aromatic rings. The highest BCUT2D eigenvalue weighted by molar-refractivity contribution is 6.33. The Morgan fingerprint density at radius 2 is 2.11 bits per heavy atom. The van der Waals surface area contributed by atoms with Crippen molar-refractivity contribution in [2.75, 3.05) is 18.2 Å². The van der Waals surface area contributed by atoms with Crippen molar-refractivity contribution in [2.24, 2.45) is 0 Å². The van der Waals surface area contributed by atoms with Crippen molar-refractivity contribution in [3.05, 3.63) is 52.0 Å². The number of aromatic hydroxyl groups is 1. The lowest BCUT2D eigenvalue weighted by molar-refractivity contribution is -0.154. The second-order valence-electron chi connectivity index (χ2n) is 6.59. The van der Waals surface area contributed by atoms with Crippen LogP contribution < -0.4 is 9.80 Å². The smallest absolute Gasteiger partial charge is 0.398 e. The number of carbonyl (C=O) groups excluding carboxylic acids is 2. The van der Waals surface area contributed by atoms with E-state index in [1.54, 1.807) is 31.2 Å². The summed E-state index contributed by atoms with van der Waals surface area (Å²) >= 11 is 6.17. The van der Waals surface area contributed by atoms with Crippen LogP contribution in [0.4, 0.5) is 5.69 Å². The molecule has 2 heterocycles. The Morgan fingerprint density at radius 3 is 2.89 bits per heavy atom. The Kier molecular flexibility index (Phi) is 4.44. The van der Waals surface area contributed by atoms with Crippen LogP contribution in [0.15, 0.2) is 30.3 Å². The lowest BCUT2D eigenvalue weighted by Gasteiger charge is -2.18. The van der Waals surface area contributed by atoms with Gasteiger partial charge in [-0.15, -0.1) is 0 Å². The summed E-state index contributed by atoms with van der Waals surface area (Å²) in [5, 5.41) is 12.5. The van der Waals surface area contributed by atoms with E-state index < -0.39 is 11.8 Å². The van der Waals surface area contributed by atoms with Gasteiger partial charge < -0.3 is 14.7 Å². The van der Waals surface area contributed by atoms with Crippen LogP contribution >= 0.6 is 11.6 Å². The normalized spacial score (nSPS) is 17.3. The summed E-state index contributed by atoms with van der Waals surface area (Å²) < 4.78 is 5.50. The second-order valence-corrected chi connectivity index (χ2v) is 7.03. The third-order valence-corrected chi connectivity index (χ3v) is 5.17. The van der Waals surface area contributed by atoms with E-state index in [1.165, 1.54) is 5.06 Å². The highest BCUT2D eigenvalue weighted by Gasteiger charge is 2.35. The standard InChI is InChI=1S/C20H18ClNO5/c1-2-17(23)20(25)27-22-10-15(13-8-12(21)3-4-16(13)22)14-7-11-5-6-26-19(11)9-18(14)24/h3-4,7-9,15,24H,2,5-6,10H2,1H3. The molecule has 7 heteroatoms. The van der Waals surface area contributed by atoms with Crippen LogP contribution in [0, 0.1) is 0 Å². The first-order chi connectivity index (χ1) is 13.0. The van der Waals surface area contributed by atoms with Crippen molar-refractivity contribution < 1.29 is 24.3 Å². The number of phenolic OH excluding ortho intramolecular Hbond substituents is 1. The summed E-state index contributed by atoms with van der Waals surface area (Å²) in [5.74, 6) is -0.937. The number of carbonyl (C=O) groups is 2. The molecule has 0 saturated heterocycles. The zero-order chi connectivity index (χ0) is 19.1.